The van der Waals surface area contributed by atoms with Crippen molar-refractivity contribution in [2.24, 2.45) is 5.92 Å². The number of esters is 1. The van der Waals surface area contributed by atoms with E-state index < -0.39 is 12.3 Å². The summed E-state index contributed by atoms with van der Waals surface area (Å²) in [5.41, 5.74) is 4.38. The van der Waals surface area contributed by atoms with Crippen LogP contribution in [0.25, 0.3) is 0 Å². The van der Waals surface area contributed by atoms with Crippen LogP contribution >= 0.6 is 0 Å². The van der Waals surface area contributed by atoms with E-state index in [1.807, 2.05) is 12.1 Å². The lowest BCUT2D eigenvalue weighted by Gasteiger charge is -2.34. The van der Waals surface area contributed by atoms with Gasteiger partial charge in [-0.2, -0.15) is 0 Å². The molecule has 1 aliphatic carbocycles. The van der Waals surface area contributed by atoms with Crippen LogP contribution in [-0.2, 0) is 20.6 Å². The fourth-order valence-electron chi connectivity index (χ4n) is 4.59. The summed E-state index contributed by atoms with van der Waals surface area (Å²) in [7, 11) is 4.48. The number of carbonyl (C=O) groups is 2. The van der Waals surface area contributed by atoms with Gasteiger partial charge in [0.2, 0.25) is 0 Å². The van der Waals surface area contributed by atoms with Crippen LogP contribution in [0.5, 0.6) is 0 Å². The topological polar surface area (TPSA) is 87.6 Å². The van der Waals surface area contributed by atoms with Gasteiger partial charge >= 0.3 is 5.97 Å². The smallest absolute Gasteiger partial charge is 0.337 e. The summed E-state index contributed by atoms with van der Waals surface area (Å²) in [6, 6.07) is 7.06. The van der Waals surface area contributed by atoms with Gasteiger partial charge in [0.1, 0.15) is 5.69 Å². The van der Waals surface area contributed by atoms with Crippen LogP contribution in [0.3, 0.4) is 0 Å². The largest absolute Gasteiger partial charge is 0.465 e. The number of benzene rings is 1. The molecule has 1 aromatic heterocycles. The summed E-state index contributed by atoms with van der Waals surface area (Å²) < 4.78 is 16.0. The fourth-order valence-corrected chi connectivity index (χ4v) is 4.59. The highest BCUT2D eigenvalue weighted by Crippen LogP contribution is 2.39. The summed E-state index contributed by atoms with van der Waals surface area (Å²) in [4.78, 5) is 35.3. The number of aromatic nitrogens is 2. The van der Waals surface area contributed by atoms with Crippen LogP contribution in [0, 0.1) is 5.92 Å². The van der Waals surface area contributed by atoms with Gasteiger partial charge in [0, 0.05) is 26.1 Å². The zero-order valence-electron chi connectivity index (χ0n) is 20.5. The molecule has 7 nitrogen and oxygen atoms in total. The zero-order valence-corrected chi connectivity index (χ0v) is 20.5. The van der Waals surface area contributed by atoms with Crippen molar-refractivity contribution < 1.29 is 23.8 Å². The second kappa shape index (κ2) is 10.5. The van der Waals surface area contributed by atoms with Crippen molar-refractivity contribution >= 4 is 11.8 Å². The molecule has 33 heavy (non-hydrogen) atoms. The van der Waals surface area contributed by atoms with E-state index in [2.05, 4.69) is 27.7 Å². The number of nitrogens with zero attached hydrogens (tertiary/aromatic N) is 2. The number of aryl methyl sites for hydroxylation is 1. The zero-order chi connectivity index (χ0) is 24.3. The molecule has 0 spiro atoms. The molecule has 2 aromatic rings. The minimum Gasteiger partial charge on any atom is -0.465 e. The highest BCUT2D eigenvalue weighted by molar-refractivity contribution is 5.98. The summed E-state index contributed by atoms with van der Waals surface area (Å²) in [6.07, 6.45) is 0.649. The predicted octanol–water partition coefficient (Wildman–Crippen LogP) is 4.66. The Hall–Kier alpha value is -2.64. The van der Waals surface area contributed by atoms with E-state index in [0.29, 0.717) is 24.1 Å². The molecule has 0 fully saturated rings. The molecule has 0 aliphatic heterocycles. The Morgan fingerprint density at radius 3 is 2.03 bits per heavy atom. The van der Waals surface area contributed by atoms with Gasteiger partial charge in [0.15, 0.2) is 12.1 Å². The van der Waals surface area contributed by atoms with Crippen molar-refractivity contribution in [2.45, 2.75) is 64.6 Å². The van der Waals surface area contributed by atoms with Crippen molar-refractivity contribution in [3.63, 3.8) is 0 Å². The van der Waals surface area contributed by atoms with E-state index in [-0.39, 0.29) is 29.5 Å². The van der Waals surface area contributed by atoms with Gasteiger partial charge in [-0.05, 0) is 42.4 Å². The highest BCUT2D eigenvalue weighted by atomic mass is 16.7. The van der Waals surface area contributed by atoms with E-state index in [0.717, 1.165) is 22.6 Å². The number of ketones is 1. The third-order valence-corrected chi connectivity index (χ3v) is 6.29. The standard InChI is InChI=1S/C26H34N2O5/c1-14(2)21-22(15(3)4)28-23-19(27-21)13-12-18(24(23)29)20(26(32-6)33-7)16-8-10-17(11-9-16)25(30)31-5/h8-11,14-15,18,20,26H,12-13H2,1-7H3. The van der Waals surface area contributed by atoms with E-state index in [1.165, 1.54) is 7.11 Å². The monoisotopic (exact) mass is 454 g/mol. The average Bonchev–Trinajstić information content (AvgIpc) is 2.82. The molecule has 178 valence electrons. The number of carbonyl (C=O) groups excluding carboxylic acids is 2. The third-order valence-electron chi connectivity index (χ3n) is 6.29. The molecule has 7 heteroatoms. The van der Waals surface area contributed by atoms with E-state index in [9.17, 15) is 9.59 Å². The van der Waals surface area contributed by atoms with Gasteiger partial charge in [-0.15, -0.1) is 0 Å². The van der Waals surface area contributed by atoms with Crippen LogP contribution in [0.1, 0.15) is 95.4 Å². The number of Topliss-reactive ketones (excluding diaryl/α,β-unsaturated/α-hetero) is 1. The Morgan fingerprint density at radius 1 is 0.939 bits per heavy atom. The average molecular weight is 455 g/mol. The lowest BCUT2D eigenvalue weighted by atomic mass is 9.75. The number of rotatable bonds is 8. The Bertz CT molecular complexity index is 996. The van der Waals surface area contributed by atoms with Gasteiger partial charge in [-0.1, -0.05) is 39.8 Å². The van der Waals surface area contributed by atoms with Gasteiger partial charge in [-0.3, -0.25) is 9.78 Å². The maximum Gasteiger partial charge on any atom is 0.337 e. The Morgan fingerprint density at radius 2 is 1.52 bits per heavy atom. The molecule has 3 rings (SSSR count). The second-order valence-electron chi connectivity index (χ2n) is 9.09. The quantitative estimate of drug-likeness (QED) is 0.423. The summed E-state index contributed by atoms with van der Waals surface area (Å²) in [5.74, 6) is -0.788. The number of hydrogen-bond acceptors (Lipinski definition) is 7. The summed E-state index contributed by atoms with van der Waals surface area (Å²) >= 11 is 0. The molecule has 0 radical (unpaired) electrons. The van der Waals surface area contributed by atoms with Crippen LogP contribution in [0.2, 0.25) is 0 Å². The van der Waals surface area contributed by atoms with Gasteiger partial charge < -0.3 is 14.2 Å². The van der Waals surface area contributed by atoms with Crippen LogP contribution in [-0.4, -0.2) is 49.3 Å². The van der Waals surface area contributed by atoms with Crippen molar-refractivity contribution in [1.82, 2.24) is 9.97 Å². The van der Waals surface area contributed by atoms with E-state index in [4.69, 9.17) is 24.2 Å². The predicted molar refractivity (Wildman–Crippen MR) is 125 cm³/mol. The summed E-state index contributed by atoms with van der Waals surface area (Å²) in [5, 5.41) is 0. The van der Waals surface area contributed by atoms with Gasteiger partial charge in [-0.25, -0.2) is 9.78 Å². The SMILES string of the molecule is COC(=O)c1ccc(C(C(OC)OC)C2CCc3nc(C(C)C)c(C(C)C)nc3C2=O)cc1. The first-order valence-corrected chi connectivity index (χ1v) is 11.4. The first-order valence-electron chi connectivity index (χ1n) is 11.4. The molecule has 2 unspecified atom stereocenters. The molecule has 1 aromatic carbocycles. The van der Waals surface area contributed by atoms with E-state index in [1.54, 1.807) is 26.4 Å². The van der Waals surface area contributed by atoms with Crippen molar-refractivity contribution in [2.75, 3.05) is 21.3 Å². The Kier molecular flexibility index (Phi) is 7.97. The van der Waals surface area contributed by atoms with Gasteiger partial charge in [0.25, 0.3) is 0 Å². The molecule has 0 saturated carbocycles. The van der Waals surface area contributed by atoms with E-state index >= 15 is 0 Å². The maximum absolute atomic E-state index is 13.8. The molecule has 0 saturated heterocycles. The van der Waals surface area contributed by atoms with Crippen LogP contribution < -0.4 is 0 Å². The second-order valence-corrected chi connectivity index (χ2v) is 9.09. The molecule has 0 bridgehead atoms. The molecule has 0 amide bonds. The molecular weight excluding hydrogens is 420 g/mol. The lowest BCUT2D eigenvalue weighted by molar-refractivity contribution is -0.125. The minimum absolute atomic E-state index is 0.0397. The summed E-state index contributed by atoms with van der Waals surface area (Å²) in [6.45, 7) is 8.35. The lowest BCUT2D eigenvalue weighted by Crippen LogP contribution is -2.37. The number of ether oxygens (including phenoxy) is 3. The molecule has 0 N–H and O–H groups in total. The first kappa shape index (κ1) is 25.0. The third kappa shape index (κ3) is 4.99. The Labute approximate surface area is 195 Å². The molecular formula is C26H34N2O5. The number of fused-ring (bicyclic) bond motifs is 1. The van der Waals surface area contributed by atoms with Gasteiger partial charge in [0.05, 0.1) is 29.8 Å². The highest BCUT2D eigenvalue weighted by Gasteiger charge is 2.41. The first-order chi connectivity index (χ1) is 15.7. The molecule has 1 aliphatic rings. The fraction of sp³-hybridized carbons (Fsp3) is 0.538. The van der Waals surface area contributed by atoms with Crippen molar-refractivity contribution in [1.29, 1.82) is 0 Å². The number of methoxy groups -OCH3 is 3. The maximum atomic E-state index is 13.8. The number of hydrogen-bond donors (Lipinski definition) is 0. The van der Waals surface area contributed by atoms with Crippen LogP contribution in [0.4, 0.5) is 0 Å². The van der Waals surface area contributed by atoms with Crippen molar-refractivity contribution in [3.8, 4) is 0 Å². The normalized spacial score (nSPS) is 16.9. The van der Waals surface area contributed by atoms with Crippen LogP contribution in [0.15, 0.2) is 24.3 Å². The Balaban J connectivity index is 2.04. The molecule has 2 atom stereocenters. The minimum atomic E-state index is -0.628. The molecule has 1 heterocycles. The van der Waals surface area contributed by atoms with Crippen molar-refractivity contribution in [3.05, 3.63) is 58.2 Å².